The van der Waals surface area contributed by atoms with Crippen LogP contribution in [0.2, 0.25) is 0 Å². The number of nitrogens with zero attached hydrogens (tertiary/aromatic N) is 6. The fourth-order valence-corrected chi connectivity index (χ4v) is 4.61. The standard InChI is InChI=1S/C29H25N7/c1-2-8-28-31-26-18-30-25(22-9-4-3-5-10-22)17-27(26)36(28)19-20-13-15-21(16-14-20)23-11-6-7-12-24(23)29-32-34-35-33-29/h3-7,9-18H,2,8,19H2,1H3,(H,32,33,34,35). The first-order chi connectivity index (χ1) is 17.8. The van der Waals surface area contributed by atoms with Crippen LogP contribution in [-0.4, -0.2) is 35.2 Å². The third-order valence-corrected chi connectivity index (χ3v) is 6.38. The molecule has 0 aliphatic carbocycles. The van der Waals surface area contributed by atoms with Gasteiger partial charge in [0, 0.05) is 24.1 Å². The van der Waals surface area contributed by atoms with Crippen LogP contribution in [0.3, 0.4) is 0 Å². The van der Waals surface area contributed by atoms with Gasteiger partial charge in [-0.25, -0.2) is 4.98 Å². The van der Waals surface area contributed by atoms with Gasteiger partial charge in [-0.1, -0.05) is 85.8 Å². The number of aryl methyl sites for hydroxylation is 1. The van der Waals surface area contributed by atoms with Crippen LogP contribution in [0.25, 0.3) is 44.8 Å². The first kappa shape index (κ1) is 21.9. The van der Waals surface area contributed by atoms with Gasteiger partial charge in [0.05, 0.1) is 17.4 Å². The van der Waals surface area contributed by atoms with E-state index < -0.39 is 0 Å². The Kier molecular flexibility index (Phi) is 5.79. The molecule has 3 aromatic carbocycles. The summed E-state index contributed by atoms with van der Waals surface area (Å²) in [5, 5.41) is 14.6. The lowest BCUT2D eigenvalue weighted by molar-refractivity contribution is 0.722. The van der Waals surface area contributed by atoms with Crippen molar-refractivity contribution in [3.05, 3.63) is 103 Å². The highest BCUT2D eigenvalue weighted by Crippen LogP contribution is 2.30. The molecule has 0 atom stereocenters. The van der Waals surface area contributed by atoms with E-state index in [1.54, 1.807) is 0 Å². The normalized spacial score (nSPS) is 11.2. The van der Waals surface area contributed by atoms with Crippen LogP contribution in [0.5, 0.6) is 0 Å². The highest BCUT2D eigenvalue weighted by atomic mass is 15.5. The Balaban J connectivity index is 1.35. The topological polar surface area (TPSA) is 85.2 Å². The number of nitrogens with one attached hydrogen (secondary N) is 1. The van der Waals surface area contributed by atoms with Crippen molar-refractivity contribution in [1.29, 1.82) is 0 Å². The Morgan fingerprint density at radius 1 is 0.833 bits per heavy atom. The highest BCUT2D eigenvalue weighted by molar-refractivity contribution is 5.81. The molecular weight excluding hydrogens is 446 g/mol. The van der Waals surface area contributed by atoms with Crippen LogP contribution in [0.15, 0.2) is 91.1 Å². The summed E-state index contributed by atoms with van der Waals surface area (Å²) in [5.74, 6) is 1.68. The SMILES string of the molecule is CCCc1nc2cnc(-c3ccccc3)cc2n1Cc1ccc(-c2ccccc2-c2nn[nH]n2)cc1. The number of pyridine rings is 1. The van der Waals surface area contributed by atoms with Gasteiger partial charge in [-0.3, -0.25) is 4.98 Å². The first-order valence-corrected chi connectivity index (χ1v) is 12.1. The molecule has 176 valence electrons. The second-order valence-electron chi connectivity index (χ2n) is 8.77. The van der Waals surface area contributed by atoms with Crippen LogP contribution in [-0.2, 0) is 13.0 Å². The summed E-state index contributed by atoms with van der Waals surface area (Å²) in [4.78, 5) is 9.60. The minimum Gasteiger partial charge on any atom is -0.323 e. The van der Waals surface area contributed by atoms with Crippen LogP contribution < -0.4 is 0 Å². The summed E-state index contributed by atoms with van der Waals surface area (Å²) in [6.45, 7) is 2.93. The Hall–Kier alpha value is -4.65. The van der Waals surface area contributed by atoms with Crippen molar-refractivity contribution in [2.24, 2.45) is 0 Å². The number of H-pyrrole nitrogens is 1. The zero-order valence-electron chi connectivity index (χ0n) is 20.0. The van der Waals surface area contributed by atoms with Crippen molar-refractivity contribution in [3.8, 4) is 33.8 Å². The molecule has 7 heteroatoms. The number of imidazole rings is 1. The summed E-state index contributed by atoms with van der Waals surface area (Å²) in [5.41, 5.74) is 8.45. The lowest BCUT2D eigenvalue weighted by atomic mass is 9.98. The summed E-state index contributed by atoms with van der Waals surface area (Å²) in [6, 6.07) is 29.2. The average Bonchev–Trinajstić information content (AvgIpc) is 3.59. The summed E-state index contributed by atoms with van der Waals surface area (Å²) < 4.78 is 2.33. The molecule has 1 N–H and O–H groups in total. The molecule has 6 rings (SSSR count). The van der Waals surface area contributed by atoms with E-state index in [0.29, 0.717) is 5.82 Å². The maximum Gasteiger partial charge on any atom is 0.205 e. The van der Waals surface area contributed by atoms with Gasteiger partial charge in [-0.2, -0.15) is 5.21 Å². The minimum absolute atomic E-state index is 0.589. The molecule has 36 heavy (non-hydrogen) atoms. The van der Waals surface area contributed by atoms with Crippen LogP contribution in [0.1, 0.15) is 24.7 Å². The third kappa shape index (κ3) is 4.15. The maximum absolute atomic E-state index is 4.92. The molecule has 0 aliphatic rings. The van der Waals surface area contributed by atoms with E-state index in [2.05, 4.69) is 85.6 Å². The number of fused-ring (bicyclic) bond motifs is 1. The Morgan fingerprint density at radius 2 is 1.61 bits per heavy atom. The van der Waals surface area contributed by atoms with E-state index in [0.717, 1.165) is 64.2 Å². The van der Waals surface area contributed by atoms with E-state index in [9.17, 15) is 0 Å². The highest BCUT2D eigenvalue weighted by Gasteiger charge is 2.14. The van der Waals surface area contributed by atoms with Gasteiger partial charge in [0.1, 0.15) is 11.3 Å². The van der Waals surface area contributed by atoms with E-state index >= 15 is 0 Å². The number of hydrogen-bond donors (Lipinski definition) is 1. The summed E-state index contributed by atoms with van der Waals surface area (Å²) in [7, 11) is 0. The molecule has 0 fully saturated rings. The lowest BCUT2D eigenvalue weighted by Gasteiger charge is -2.11. The Labute approximate surface area is 208 Å². The van der Waals surface area contributed by atoms with Crippen molar-refractivity contribution >= 4 is 11.0 Å². The van der Waals surface area contributed by atoms with Gasteiger partial charge in [0.2, 0.25) is 5.82 Å². The molecule has 0 spiro atoms. The zero-order chi connectivity index (χ0) is 24.3. The number of benzene rings is 3. The molecule has 0 bridgehead atoms. The second kappa shape index (κ2) is 9.54. The van der Waals surface area contributed by atoms with Gasteiger partial charge >= 0.3 is 0 Å². The van der Waals surface area contributed by atoms with Crippen molar-refractivity contribution < 1.29 is 0 Å². The second-order valence-corrected chi connectivity index (χ2v) is 8.77. The number of aromatic nitrogens is 7. The largest absolute Gasteiger partial charge is 0.323 e. The smallest absolute Gasteiger partial charge is 0.205 e. The molecule has 0 saturated heterocycles. The van der Waals surface area contributed by atoms with E-state index in [-0.39, 0.29) is 0 Å². The third-order valence-electron chi connectivity index (χ3n) is 6.38. The number of hydrogen-bond acceptors (Lipinski definition) is 5. The summed E-state index contributed by atoms with van der Waals surface area (Å²) in [6.07, 6.45) is 3.85. The Bertz CT molecular complexity index is 1600. The predicted octanol–water partition coefficient (Wildman–Crippen LogP) is 5.95. The predicted molar refractivity (Wildman–Crippen MR) is 141 cm³/mol. The molecule has 0 unspecified atom stereocenters. The molecule has 0 radical (unpaired) electrons. The molecule has 3 aromatic heterocycles. The van der Waals surface area contributed by atoms with Gasteiger partial charge < -0.3 is 4.57 Å². The van der Waals surface area contributed by atoms with Gasteiger partial charge in [-0.15, -0.1) is 10.2 Å². The minimum atomic E-state index is 0.589. The van der Waals surface area contributed by atoms with Crippen molar-refractivity contribution in [2.45, 2.75) is 26.3 Å². The van der Waals surface area contributed by atoms with Crippen molar-refractivity contribution in [3.63, 3.8) is 0 Å². The fourth-order valence-electron chi connectivity index (χ4n) is 4.61. The molecule has 3 heterocycles. The van der Waals surface area contributed by atoms with E-state index in [1.165, 1.54) is 5.56 Å². The molecular formula is C29H25N7. The molecule has 0 amide bonds. The summed E-state index contributed by atoms with van der Waals surface area (Å²) >= 11 is 0. The van der Waals surface area contributed by atoms with Crippen LogP contribution >= 0.6 is 0 Å². The fraction of sp³-hybridized carbons (Fsp3) is 0.138. The van der Waals surface area contributed by atoms with E-state index in [4.69, 9.17) is 4.98 Å². The van der Waals surface area contributed by atoms with Gasteiger partial charge in [-0.05, 0) is 34.4 Å². The monoisotopic (exact) mass is 471 g/mol. The van der Waals surface area contributed by atoms with Gasteiger partial charge in [0.15, 0.2) is 0 Å². The van der Waals surface area contributed by atoms with Gasteiger partial charge in [0.25, 0.3) is 0 Å². The number of aromatic amines is 1. The number of tetrazole rings is 1. The lowest BCUT2D eigenvalue weighted by Crippen LogP contribution is -2.05. The molecule has 0 saturated carbocycles. The average molecular weight is 472 g/mol. The van der Waals surface area contributed by atoms with Crippen LogP contribution in [0, 0.1) is 0 Å². The quantitative estimate of drug-likeness (QED) is 0.311. The Morgan fingerprint density at radius 3 is 2.36 bits per heavy atom. The molecule has 7 nitrogen and oxygen atoms in total. The molecule has 0 aliphatic heterocycles. The van der Waals surface area contributed by atoms with Crippen molar-refractivity contribution in [1.82, 2.24) is 35.2 Å². The zero-order valence-corrected chi connectivity index (χ0v) is 20.0. The number of rotatable bonds is 7. The first-order valence-electron chi connectivity index (χ1n) is 12.1. The molecule has 6 aromatic rings. The maximum atomic E-state index is 4.92. The van der Waals surface area contributed by atoms with Crippen LogP contribution in [0.4, 0.5) is 0 Å². The van der Waals surface area contributed by atoms with Crippen molar-refractivity contribution in [2.75, 3.05) is 0 Å². The van der Waals surface area contributed by atoms with E-state index in [1.807, 2.05) is 42.6 Å².